The summed E-state index contributed by atoms with van der Waals surface area (Å²) in [5.41, 5.74) is 21.6. The van der Waals surface area contributed by atoms with E-state index in [1.807, 2.05) is 133 Å². The topological polar surface area (TPSA) is 103 Å². The number of hydrogen-bond donors (Lipinski definition) is 0. The van der Waals surface area contributed by atoms with Crippen LogP contribution in [-0.4, -0.2) is 39.9 Å². The highest BCUT2D eigenvalue weighted by Crippen LogP contribution is 2.35. The van der Waals surface area contributed by atoms with Crippen molar-refractivity contribution in [2.24, 2.45) is 0 Å². The Bertz CT molecular complexity index is 5450. The van der Waals surface area contributed by atoms with Crippen LogP contribution in [0.5, 0.6) is 0 Å². The second-order valence-corrected chi connectivity index (χ2v) is 22.7. The van der Waals surface area contributed by atoms with E-state index in [1.165, 1.54) is 10.8 Å². The highest BCUT2D eigenvalue weighted by Gasteiger charge is 2.16. The fourth-order valence-electron chi connectivity index (χ4n) is 12.0. The lowest BCUT2D eigenvalue weighted by molar-refractivity contribution is 1.17. The van der Waals surface area contributed by atoms with Crippen molar-refractivity contribution in [3.63, 3.8) is 0 Å². The molecule has 8 heteroatoms. The van der Waals surface area contributed by atoms with Crippen molar-refractivity contribution in [3.05, 3.63) is 328 Å². The number of fused-ring (bicyclic) bond motifs is 5. The summed E-state index contributed by atoms with van der Waals surface area (Å²) in [4.78, 5) is 39.8. The Balaban J connectivity index is 0.000000147. The summed E-state index contributed by atoms with van der Waals surface area (Å²) in [6, 6.07) is 113. The molecule has 0 aliphatic rings. The van der Waals surface area contributed by atoms with Gasteiger partial charge in [0, 0.05) is 54.9 Å². The van der Waals surface area contributed by atoms with Crippen LogP contribution in [0.3, 0.4) is 0 Å². The molecule has 0 saturated heterocycles. The second-order valence-electron chi connectivity index (χ2n) is 22.7. The number of aromatic nitrogens is 8. The minimum absolute atomic E-state index is 0.680. The third kappa shape index (κ3) is 11.3. The molecular weight excluding hydrogens is 1120 g/mol. The van der Waals surface area contributed by atoms with Gasteiger partial charge in [-0.1, -0.05) is 243 Å². The smallest absolute Gasteiger partial charge is 0.160 e. The first-order valence-corrected chi connectivity index (χ1v) is 30.7. The molecule has 17 rings (SSSR count). The third-order valence-corrected chi connectivity index (χ3v) is 16.7. The van der Waals surface area contributed by atoms with E-state index in [-0.39, 0.29) is 0 Å². The summed E-state index contributed by atoms with van der Waals surface area (Å²) in [7, 11) is 0. The number of benzene rings is 11. The first kappa shape index (κ1) is 54.8. The van der Waals surface area contributed by atoms with Gasteiger partial charge in [-0.3, -0.25) is 0 Å². The van der Waals surface area contributed by atoms with Crippen molar-refractivity contribution >= 4 is 54.4 Å². The van der Waals surface area contributed by atoms with E-state index in [2.05, 4.69) is 194 Å². The molecule has 0 fully saturated rings. The van der Waals surface area contributed by atoms with E-state index >= 15 is 0 Å². The molecule has 0 unspecified atom stereocenters. The van der Waals surface area contributed by atoms with Gasteiger partial charge in [0.15, 0.2) is 11.6 Å². The van der Waals surface area contributed by atoms with Gasteiger partial charge in [-0.2, -0.15) is 0 Å². The van der Waals surface area contributed by atoms with Crippen LogP contribution in [0.25, 0.3) is 167 Å². The summed E-state index contributed by atoms with van der Waals surface area (Å²) < 4.78 is 0. The summed E-state index contributed by atoms with van der Waals surface area (Å²) >= 11 is 0. The number of pyridine rings is 4. The Hall–Kier alpha value is -12.5. The van der Waals surface area contributed by atoms with E-state index in [0.717, 1.165) is 145 Å². The number of nitrogens with zero attached hydrogens (tertiary/aromatic N) is 8. The molecule has 6 heterocycles. The highest BCUT2D eigenvalue weighted by molar-refractivity contribution is 5.98. The fourth-order valence-corrected chi connectivity index (χ4v) is 12.0. The lowest BCUT2D eigenvalue weighted by atomic mass is 9.99. The van der Waals surface area contributed by atoms with E-state index in [4.69, 9.17) is 39.9 Å². The molecule has 0 spiro atoms. The Labute approximate surface area is 531 Å². The van der Waals surface area contributed by atoms with E-state index in [1.54, 1.807) is 0 Å². The van der Waals surface area contributed by atoms with Crippen LogP contribution in [0, 0.1) is 0 Å². The molecule has 92 heavy (non-hydrogen) atoms. The van der Waals surface area contributed by atoms with Gasteiger partial charge in [-0.25, -0.2) is 39.9 Å². The molecule has 6 aromatic heterocycles. The monoisotopic (exact) mass is 1170 g/mol. The molecule has 0 radical (unpaired) electrons. The van der Waals surface area contributed by atoms with Crippen molar-refractivity contribution < 1.29 is 0 Å². The first-order chi connectivity index (χ1) is 45.5. The SMILES string of the molecule is c1ccc(-c2cc(-c3ccc4cc(-c5ccc6nc(-c7cccc8ccccc78)ccc6c5)ccc4n3)nc(-c3ccccc3)n2)cc1.c1ccc(-c2cc(-c3ccc4cc(-c5ccc6nc(-c7ccccc7)ccc6c5)ccc4n3)nc(-c3ccccc3)n2)cc1. The second kappa shape index (κ2) is 24.2. The van der Waals surface area contributed by atoms with Gasteiger partial charge in [0.2, 0.25) is 0 Å². The average molecular weight is 1180 g/mol. The summed E-state index contributed by atoms with van der Waals surface area (Å²) in [6.07, 6.45) is 0. The summed E-state index contributed by atoms with van der Waals surface area (Å²) in [5, 5.41) is 6.80. The molecule has 0 N–H and O–H groups in total. The van der Waals surface area contributed by atoms with E-state index in [0.29, 0.717) is 11.6 Å². The van der Waals surface area contributed by atoms with Gasteiger partial charge in [0.05, 0.1) is 67.6 Å². The Morgan fingerprint density at radius 2 is 0.467 bits per heavy atom. The molecule has 17 aromatic rings. The molecular formula is C84H54N8. The van der Waals surface area contributed by atoms with Gasteiger partial charge in [-0.05, 0) is 118 Å². The molecule has 8 nitrogen and oxygen atoms in total. The molecule has 0 amide bonds. The molecule has 11 aromatic carbocycles. The predicted octanol–water partition coefficient (Wildman–Crippen LogP) is 21.0. The van der Waals surface area contributed by atoms with E-state index in [9.17, 15) is 0 Å². The highest BCUT2D eigenvalue weighted by atomic mass is 14.9. The molecule has 0 aliphatic carbocycles. The molecule has 0 atom stereocenters. The lowest BCUT2D eigenvalue weighted by Gasteiger charge is -2.10. The Morgan fingerprint density at radius 3 is 0.891 bits per heavy atom. The van der Waals surface area contributed by atoms with Crippen molar-refractivity contribution in [1.29, 1.82) is 0 Å². The van der Waals surface area contributed by atoms with Crippen molar-refractivity contribution in [2.45, 2.75) is 0 Å². The van der Waals surface area contributed by atoms with Gasteiger partial charge in [0.25, 0.3) is 0 Å². The zero-order chi connectivity index (χ0) is 61.2. The number of hydrogen-bond acceptors (Lipinski definition) is 8. The largest absolute Gasteiger partial charge is 0.248 e. The van der Waals surface area contributed by atoms with Gasteiger partial charge in [-0.15, -0.1) is 0 Å². The van der Waals surface area contributed by atoms with Crippen LogP contribution in [0.1, 0.15) is 0 Å². The van der Waals surface area contributed by atoms with Crippen molar-refractivity contribution in [1.82, 2.24) is 39.9 Å². The van der Waals surface area contributed by atoms with Crippen LogP contribution in [-0.2, 0) is 0 Å². The molecule has 0 aliphatic heterocycles. The van der Waals surface area contributed by atoms with Gasteiger partial charge in [0.1, 0.15) is 0 Å². The minimum atomic E-state index is 0.680. The maximum atomic E-state index is 5.06. The van der Waals surface area contributed by atoms with Crippen molar-refractivity contribution in [2.75, 3.05) is 0 Å². The maximum absolute atomic E-state index is 5.06. The van der Waals surface area contributed by atoms with Crippen LogP contribution in [0.4, 0.5) is 0 Å². The Kier molecular flexibility index (Phi) is 14.4. The maximum Gasteiger partial charge on any atom is 0.160 e. The molecule has 0 bridgehead atoms. The average Bonchev–Trinajstić information content (AvgIpc) is 1.53. The minimum Gasteiger partial charge on any atom is -0.248 e. The zero-order valence-corrected chi connectivity index (χ0v) is 49.8. The summed E-state index contributed by atoms with van der Waals surface area (Å²) in [5.74, 6) is 1.36. The third-order valence-electron chi connectivity index (χ3n) is 16.7. The number of rotatable bonds is 10. The van der Waals surface area contributed by atoms with Crippen LogP contribution < -0.4 is 0 Å². The molecule has 430 valence electrons. The normalized spacial score (nSPS) is 11.3. The fraction of sp³-hybridized carbons (Fsp3) is 0. The molecule has 0 saturated carbocycles. The summed E-state index contributed by atoms with van der Waals surface area (Å²) in [6.45, 7) is 0. The Morgan fingerprint density at radius 1 is 0.152 bits per heavy atom. The van der Waals surface area contributed by atoms with Crippen LogP contribution in [0.2, 0.25) is 0 Å². The van der Waals surface area contributed by atoms with Crippen LogP contribution >= 0.6 is 0 Å². The standard InChI is InChI=1S/C44H28N4.C40H26N4/c1-3-11-30(12-4-1)42-28-43(48-44(47-42)31-13-5-2-6-14-31)41-25-21-35-27-33(19-23-39(35)46-41)32-18-22-38-34(26-32)20-24-40(45-38)37-17-9-15-29-10-7-8-16-36(29)37;1-4-10-27(11-5-1)34-22-18-32-24-30(16-20-35(32)41-34)31-17-21-36-33(25-31)19-23-37(42-36)39-26-38(28-12-6-2-7-13-28)43-40(44-39)29-14-8-3-9-15-29/h1-28H;1-26H. The lowest BCUT2D eigenvalue weighted by Crippen LogP contribution is -1.97. The first-order valence-electron chi connectivity index (χ1n) is 30.7. The van der Waals surface area contributed by atoms with E-state index < -0.39 is 0 Å². The van der Waals surface area contributed by atoms with Crippen LogP contribution in [0.15, 0.2) is 328 Å². The quantitative estimate of drug-likeness (QED) is 0.133. The zero-order valence-electron chi connectivity index (χ0n) is 49.8. The van der Waals surface area contributed by atoms with Gasteiger partial charge < -0.3 is 0 Å². The van der Waals surface area contributed by atoms with Crippen molar-refractivity contribution in [3.8, 4) is 113 Å². The van der Waals surface area contributed by atoms with Gasteiger partial charge >= 0.3 is 0 Å². The predicted molar refractivity (Wildman–Crippen MR) is 377 cm³/mol.